The molecule has 0 bridgehead atoms. The zero-order valence-corrected chi connectivity index (χ0v) is 12.0. The van der Waals surface area contributed by atoms with Gasteiger partial charge in [-0.05, 0) is 30.7 Å². The van der Waals surface area contributed by atoms with Gasteiger partial charge in [0.15, 0.2) is 11.6 Å². The molecular formula is C16H12ClFN2O. The SMILES string of the molecule is Cc1cccc(-c2c(N)noc2-c2ccc(F)c(Cl)c2)c1. The standard InChI is InChI=1S/C16H12ClFN2O/c1-9-3-2-4-10(7-9)14-15(21-20-16(14)19)11-5-6-13(18)12(17)8-11/h2-8H,1H3,(H2,19,20). The molecule has 2 N–H and O–H groups in total. The van der Waals surface area contributed by atoms with Crippen molar-refractivity contribution in [2.45, 2.75) is 6.92 Å². The van der Waals surface area contributed by atoms with Crippen LogP contribution < -0.4 is 5.73 Å². The number of nitrogens with zero attached hydrogens (tertiary/aromatic N) is 1. The number of anilines is 1. The maximum atomic E-state index is 13.3. The van der Waals surface area contributed by atoms with Crippen molar-refractivity contribution in [3.8, 4) is 22.5 Å². The van der Waals surface area contributed by atoms with Crippen molar-refractivity contribution in [1.82, 2.24) is 5.16 Å². The number of benzene rings is 2. The first-order valence-corrected chi connectivity index (χ1v) is 6.71. The van der Waals surface area contributed by atoms with Gasteiger partial charge in [0, 0.05) is 5.56 Å². The summed E-state index contributed by atoms with van der Waals surface area (Å²) in [5, 5.41) is 3.84. The largest absolute Gasteiger partial charge is 0.380 e. The molecule has 3 nitrogen and oxygen atoms in total. The molecule has 3 aromatic rings. The summed E-state index contributed by atoms with van der Waals surface area (Å²) in [5.74, 6) is 0.279. The van der Waals surface area contributed by atoms with Gasteiger partial charge in [0.25, 0.3) is 0 Å². The summed E-state index contributed by atoms with van der Waals surface area (Å²) in [6, 6.07) is 12.2. The van der Waals surface area contributed by atoms with E-state index < -0.39 is 5.82 Å². The predicted molar refractivity (Wildman–Crippen MR) is 81.5 cm³/mol. The third-order valence-corrected chi connectivity index (χ3v) is 3.50. The topological polar surface area (TPSA) is 52.0 Å². The van der Waals surface area contributed by atoms with Gasteiger partial charge >= 0.3 is 0 Å². The molecule has 0 spiro atoms. The third kappa shape index (κ3) is 2.50. The number of aromatic nitrogens is 1. The molecule has 3 rings (SSSR count). The molecule has 21 heavy (non-hydrogen) atoms. The van der Waals surface area contributed by atoms with Crippen molar-refractivity contribution in [3.63, 3.8) is 0 Å². The van der Waals surface area contributed by atoms with E-state index in [9.17, 15) is 4.39 Å². The van der Waals surface area contributed by atoms with Crippen LogP contribution in [-0.2, 0) is 0 Å². The first-order chi connectivity index (χ1) is 10.1. The predicted octanol–water partition coefficient (Wildman–Crippen LogP) is 4.69. The lowest BCUT2D eigenvalue weighted by Gasteiger charge is -2.04. The zero-order chi connectivity index (χ0) is 15.0. The lowest BCUT2D eigenvalue weighted by Crippen LogP contribution is -1.89. The molecule has 1 aromatic heterocycles. The Balaban J connectivity index is 2.19. The van der Waals surface area contributed by atoms with E-state index in [-0.39, 0.29) is 10.8 Å². The smallest absolute Gasteiger partial charge is 0.176 e. The summed E-state index contributed by atoms with van der Waals surface area (Å²) in [6.07, 6.45) is 0. The Bertz CT molecular complexity index is 814. The van der Waals surface area contributed by atoms with E-state index in [1.54, 1.807) is 6.07 Å². The van der Waals surface area contributed by atoms with Gasteiger partial charge in [-0.15, -0.1) is 0 Å². The minimum atomic E-state index is -0.481. The molecule has 0 radical (unpaired) electrons. The molecule has 2 aromatic carbocycles. The summed E-state index contributed by atoms with van der Waals surface area (Å²) in [5.41, 5.74) is 9.21. The molecule has 0 aliphatic carbocycles. The Kier molecular flexibility index (Phi) is 3.39. The molecule has 0 saturated heterocycles. The molecule has 0 aliphatic rings. The van der Waals surface area contributed by atoms with Crippen LogP contribution in [0, 0.1) is 12.7 Å². The highest BCUT2D eigenvalue weighted by Crippen LogP contribution is 2.37. The minimum Gasteiger partial charge on any atom is -0.380 e. The van der Waals surface area contributed by atoms with Gasteiger partial charge in [-0.25, -0.2) is 4.39 Å². The average molecular weight is 303 g/mol. The summed E-state index contributed by atoms with van der Waals surface area (Å²) in [4.78, 5) is 0. The third-order valence-electron chi connectivity index (χ3n) is 3.21. The summed E-state index contributed by atoms with van der Waals surface area (Å²) in [7, 11) is 0. The number of hydrogen-bond acceptors (Lipinski definition) is 3. The molecule has 0 unspecified atom stereocenters. The second-order valence-corrected chi connectivity index (χ2v) is 5.18. The molecule has 0 amide bonds. The normalized spacial score (nSPS) is 10.8. The van der Waals surface area contributed by atoms with Gasteiger partial charge in [0.2, 0.25) is 0 Å². The second-order valence-electron chi connectivity index (χ2n) is 4.77. The van der Waals surface area contributed by atoms with E-state index in [4.69, 9.17) is 21.9 Å². The van der Waals surface area contributed by atoms with Crippen molar-refractivity contribution in [1.29, 1.82) is 0 Å². The van der Waals surface area contributed by atoms with Crippen molar-refractivity contribution in [2.75, 3.05) is 5.73 Å². The number of hydrogen-bond donors (Lipinski definition) is 1. The fourth-order valence-electron chi connectivity index (χ4n) is 2.22. The average Bonchev–Trinajstić information content (AvgIpc) is 2.84. The molecule has 1 heterocycles. The van der Waals surface area contributed by atoms with Crippen molar-refractivity contribution < 1.29 is 8.91 Å². The lowest BCUT2D eigenvalue weighted by atomic mass is 10.00. The van der Waals surface area contributed by atoms with Crippen LogP contribution in [0.25, 0.3) is 22.5 Å². The van der Waals surface area contributed by atoms with Gasteiger partial charge in [-0.2, -0.15) is 0 Å². The summed E-state index contributed by atoms with van der Waals surface area (Å²) in [6.45, 7) is 1.99. The second kappa shape index (κ2) is 5.22. The number of nitrogen functional groups attached to an aromatic ring is 1. The Labute approximate surface area is 126 Å². The van der Waals surface area contributed by atoms with E-state index >= 15 is 0 Å². The van der Waals surface area contributed by atoms with Gasteiger partial charge in [0.1, 0.15) is 5.82 Å². The molecular weight excluding hydrogens is 291 g/mol. The van der Waals surface area contributed by atoms with Crippen LogP contribution in [0.3, 0.4) is 0 Å². The van der Waals surface area contributed by atoms with Crippen LogP contribution >= 0.6 is 11.6 Å². The van der Waals surface area contributed by atoms with E-state index in [1.165, 1.54) is 12.1 Å². The van der Waals surface area contributed by atoms with E-state index in [2.05, 4.69) is 5.16 Å². The fraction of sp³-hybridized carbons (Fsp3) is 0.0625. The number of halogens is 2. The molecule has 0 aliphatic heterocycles. The Morgan fingerprint density at radius 3 is 2.67 bits per heavy atom. The first-order valence-electron chi connectivity index (χ1n) is 6.34. The highest BCUT2D eigenvalue weighted by atomic mass is 35.5. The van der Waals surface area contributed by atoms with Crippen molar-refractivity contribution in [2.24, 2.45) is 0 Å². The van der Waals surface area contributed by atoms with E-state index in [0.717, 1.165) is 11.1 Å². The fourth-order valence-corrected chi connectivity index (χ4v) is 2.40. The minimum absolute atomic E-state index is 0.0256. The Hall–Kier alpha value is -2.33. The lowest BCUT2D eigenvalue weighted by molar-refractivity contribution is 0.436. The van der Waals surface area contributed by atoms with Crippen LogP contribution in [0.15, 0.2) is 47.0 Å². The van der Waals surface area contributed by atoms with Gasteiger partial charge in [0.05, 0.1) is 10.6 Å². The van der Waals surface area contributed by atoms with Crippen LogP contribution in [0.4, 0.5) is 10.2 Å². The molecule has 5 heteroatoms. The van der Waals surface area contributed by atoms with Gasteiger partial charge in [-0.3, -0.25) is 0 Å². The van der Waals surface area contributed by atoms with Gasteiger partial charge < -0.3 is 10.3 Å². The van der Waals surface area contributed by atoms with Crippen LogP contribution in [0.2, 0.25) is 5.02 Å². The maximum Gasteiger partial charge on any atom is 0.176 e. The molecule has 0 saturated carbocycles. The summed E-state index contributed by atoms with van der Waals surface area (Å²) >= 11 is 5.83. The highest BCUT2D eigenvalue weighted by molar-refractivity contribution is 6.31. The highest BCUT2D eigenvalue weighted by Gasteiger charge is 2.18. The quantitative estimate of drug-likeness (QED) is 0.747. The number of aryl methyl sites for hydroxylation is 1. The first kappa shape index (κ1) is 13.6. The molecule has 0 fully saturated rings. The molecule has 0 atom stereocenters. The van der Waals surface area contributed by atoms with Crippen LogP contribution in [-0.4, -0.2) is 5.16 Å². The van der Waals surface area contributed by atoms with Gasteiger partial charge in [-0.1, -0.05) is 46.6 Å². The van der Waals surface area contributed by atoms with Crippen LogP contribution in [0.5, 0.6) is 0 Å². The zero-order valence-electron chi connectivity index (χ0n) is 11.2. The monoisotopic (exact) mass is 302 g/mol. The Morgan fingerprint density at radius 1 is 1.14 bits per heavy atom. The summed E-state index contributed by atoms with van der Waals surface area (Å²) < 4.78 is 18.6. The number of rotatable bonds is 2. The van der Waals surface area contributed by atoms with Crippen molar-refractivity contribution in [3.05, 3.63) is 58.9 Å². The van der Waals surface area contributed by atoms with Crippen LogP contribution in [0.1, 0.15) is 5.56 Å². The molecule has 106 valence electrons. The van der Waals surface area contributed by atoms with Crippen molar-refractivity contribution >= 4 is 17.4 Å². The Morgan fingerprint density at radius 2 is 1.95 bits per heavy atom. The maximum absolute atomic E-state index is 13.3. The number of nitrogens with two attached hydrogens (primary N) is 1. The van der Waals surface area contributed by atoms with E-state index in [1.807, 2.05) is 31.2 Å². The van der Waals surface area contributed by atoms with E-state index in [0.29, 0.717) is 16.9 Å².